The van der Waals surface area contributed by atoms with Gasteiger partial charge >= 0.3 is 0 Å². The number of rotatable bonds is 7. The highest BCUT2D eigenvalue weighted by Gasteiger charge is 2.27. The Morgan fingerprint density at radius 3 is 2.81 bits per heavy atom. The standard InChI is InChI=1S/C20H34N4O3/c1-5-21-19(23-14-20(4,26)17-10-9-16(3)27-17)22-12-11-18(25)24-13-7-6-8-15(24)2/h9-10,15,26H,5-8,11-14H2,1-4H3,(H2,21,22,23). The second-order valence-electron chi connectivity index (χ2n) is 7.49. The molecule has 1 saturated heterocycles. The molecule has 3 N–H and O–H groups in total. The van der Waals surface area contributed by atoms with Crippen LogP contribution in [0.5, 0.6) is 0 Å². The highest BCUT2D eigenvalue weighted by molar-refractivity contribution is 5.81. The fourth-order valence-electron chi connectivity index (χ4n) is 3.28. The second-order valence-corrected chi connectivity index (χ2v) is 7.49. The van der Waals surface area contributed by atoms with Crippen LogP contribution in [0.25, 0.3) is 0 Å². The Morgan fingerprint density at radius 1 is 1.41 bits per heavy atom. The van der Waals surface area contributed by atoms with Crippen LogP contribution in [0.3, 0.4) is 0 Å². The third-order valence-corrected chi connectivity index (χ3v) is 4.92. The first-order valence-corrected chi connectivity index (χ1v) is 9.94. The molecule has 7 heteroatoms. The normalized spacial score (nSPS) is 20.3. The lowest BCUT2D eigenvalue weighted by Crippen LogP contribution is -2.44. The molecule has 0 bridgehead atoms. The number of furan rings is 1. The van der Waals surface area contributed by atoms with Crippen molar-refractivity contribution in [3.05, 3.63) is 23.7 Å². The highest BCUT2D eigenvalue weighted by atomic mass is 16.4. The Hall–Kier alpha value is -2.02. The van der Waals surface area contributed by atoms with Gasteiger partial charge in [-0.2, -0.15) is 0 Å². The van der Waals surface area contributed by atoms with Crippen LogP contribution in [0, 0.1) is 6.92 Å². The van der Waals surface area contributed by atoms with E-state index in [1.54, 1.807) is 13.0 Å². The molecule has 0 spiro atoms. The molecule has 2 unspecified atom stereocenters. The van der Waals surface area contributed by atoms with Crippen LogP contribution in [0.2, 0.25) is 0 Å². The van der Waals surface area contributed by atoms with Crippen LogP contribution in [0.4, 0.5) is 0 Å². The maximum atomic E-state index is 12.4. The smallest absolute Gasteiger partial charge is 0.224 e. The first kappa shape index (κ1) is 21.3. The van der Waals surface area contributed by atoms with Crippen molar-refractivity contribution in [2.75, 3.05) is 26.2 Å². The Bertz CT molecular complexity index is 639. The van der Waals surface area contributed by atoms with Gasteiger partial charge in [0.2, 0.25) is 5.91 Å². The largest absolute Gasteiger partial charge is 0.463 e. The summed E-state index contributed by atoms with van der Waals surface area (Å²) in [5, 5.41) is 16.9. The van der Waals surface area contributed by atoms with Gasteiger partial charge in [0.1, 0.15) is 17.1 Å². The van der Waals surface area contributed by atoms with Gasteiger partial charge in [0, 0.05) is 32.1 Å². The number of carbonyl (C=O) groups is 1. The zero-order chi connectivity index (χ0) is 19.9. The number of nitrogens with zero attached hydrogens (tertiary/aromatic N) is 2. The predicted molar refractivity (Wildman–Crippen MR) is 107 cm³/mol. The number of nitrogens with one attached hydrogen (secondary N) is 2. The SMILES string of the molecule is CCNC(=NCC(C)(O)c1ccc(C)o1)NCCC(=O)N1CCCCC1C. The number of hydrogen-bond acceptors (Lipinski definition) is 4. The fraction of sp³-hybridized carbons (Fsp3) is 0.700. The lowest BCUT2D eigenvalue weighted by molar-refractivity contribution is -0.134. The Labute approximate surface area is 162 Å². The number of hydrogen-bond donors (Lipinski definition) is 3. The minimum absolute atomic E-state index is 0.159. The molecule has 1 aliphatic heterocycles. The summed E-state index contributed by atoms with van der Waals surface area (Å²) < 4.78 is 5.52. The summed E-state index contributed by atoms with van der Waals surface area (Å²) in [6.07, 6.45) is 3.82. The van der Waals surface area contributed by atoms with E-state index in [-0.39, 0.29) is 12.5 Å². The van der Waals surface area contributed by atoms with Crippen LogP contribution in [0.1, 0.15) is 58.0 Å². The number of likely N-dealkylation sites (tertiary alicyclic amines) is 1. The number of amides is 1. The van der Waals surface area contributed by atoms with E-state index in [9.17, 15) is 9.90 Å². The van der Waals surface area contributed by atoms with Crippen molar-refractivity contribution in [1.82, 2.24) is 15.5 Å². The van der Waals surface area contributed by atoms with Gasteiger partial charge in [-0.15, -0.1) is 0 Å². The first-order chi connectivity index (χ1) is 12.8. The van der Waals surface area contributed by atoms with Crippen molar-refractivity contribution in [2.45, 2.75) is 65.0 Å². The summed E-state index contributed by atoms with van der Waals surface area (Å²) in [6, 6.07) is 3.92. The van der Waals surface area contributed by atoms with Gasteiger partial charge in [0.25, 0.3) is 0 Å². The zero-order valence-electron chi connectivity index (χ0n) is 17.0. The van der Waals surface area contributed by atoms with Gasteiger partial charge in [-0.3, -0.25) is 4.79 Å². The van der Waals surface area contributed by atoms with Gasteiger partial charge in [-0.1, -0.05) is 0 Å². The average Bonchev–Trinajstić information content (AvgIpc) is 3.07. The zero-order valence-corrected chi connectivity index (χ0v) is 17.0. The lowest BCUT2D eigenvalue weighted by Gasteiger charge is -2.33. The Balaban J connectivity index is 1.87. The quantitative estimate of drug-likeness (QED) is 0.500. The molecule has 0 radical (unpaired) electrons. The number of carbonyl (C=O) groups excluding carboxylic acids is 1. The minimum Gasteiger partial charge on any atom is -0.463 e. The molecule has 152 valence electrons. The van der Waals surface area contributed by atoms with E-state index in [0.29, 0.717) is 37.3 Å². The van der Waals surface area contributed by atoms with Crippen LogP contribution >= 0.6 is 0 Å². The number of aliphatic imine (C=N–C) groups is 1. The Morgan fingerprint density at radius 2 is 2.19 bits per heavy atom. The molecule has 7 nitrogen and oxygen atoms in total. The lowest BCUT2D eigenvalue weighted by atomic mass is 10.0. The summed E-state index contributed by atoms with van der Waals surface area (Å²) in [6.45, 7) is 9.85. The van der Waals surface area contributed by atoms with E-state index in [1.165, 1.54) is 6.42 Å². The highest BCUT2D eigenvalue weighted by Crippen LogP contribution is 2.23. The van der Waals surface area contributed by atoms with Crippen LogP contribution < -0.4 is 10.6 Å². The van der Waals surface area contributed by atoms with Crippen LogP contribution in [-0.4, -0.2) is 54.1 Å². The van der Waals surface area contributed by atoms with Gasteiger partial charge in [0.15, 0.2) is 5.96 Å². The van der Waals surface area contributed by atoms with Crippen molar-refractivity contribution in [3.8, 4) is 0 Å². The van der Waals surface area contributed by atoms with Crippen LogP contribution in [-0.2, 0) is 10.4 Å². The van der Waals surface area contributed by atoms with Crippen LogP contribution in [0.15, 0.2) is 21.5 Å². The van der Waals surface area contributed by atoms with E-state index in [1.807, 2.05) is 24.8 Å². The fourth-order valence-corrected chi connectivity index (χ4v) is 3.28. The molecule has 1 aromatic rings. The third-order valence-electron chi connectivity index (χ3n) is 4.92. The predicted octanol–water partition coefficient (Wildman–Crippen LogP) is 2.14. The van der Waals surface area contributed by atoms with Crippen molar-refractivity contribution in [2.24, 2.45) is 4.99 Å². The maximum absolute atomic E-state index is 12.4. The summed E-state index contributed by atoms with van der Waals surface area (Å²) in [5.41, 5.74) is -1.18. The van der Waals surface area contributed by atoms with E-state index < -0.39 is 5.60 Å². The Kier molecular flexibility index (Phi) is 7.71. The molecule has 2 rings (SSSR count). The third kappa shape index (κ3) is 6.27. The van der Waals surface area contributed by atoms with Gasteiger partial charge < -0.3 is 25.1 Å². The van der Waals surface area contributed by atoms with E-state index >= 15 is 0 Å². The molecule has 1 aliphatic rings. The topological polar surface area (TPSA) is 90.1 Å². The van der Waals surface area contributed by atoms with E-state index in [4.69, 9.17) is 4.42 Å². The summed E-state index contributed by atoms with van der Waals surface area (Å²) in [4.78, 5) is 18.9. The van der Waals surface area contributed by atoms with Crippen molar-refractivity contribution in [3.63, 3.8) is 0 Å². The monoisotopic (exact) mass is 378 g/mol. The molecule has 0 aliphatic carbocycles. The average molecular weight is 379 g/mol. The maximum Gasteiger partial charge on any atom is 0.224 e. The molecular formula is C20H34N4O3. The van der Waals surface area contributed by atoms with Gasteiger partial charge in [-0.25, -0.2) is 4.99 Å². The molecular weight excluding hydrogens is 344 g/mol. The molecule has 1 amide bonds. The molecule has 0 aromatic carbocycles. The van der Waals surface area contributed by atoms with Gasteiger partial charge in [0.05, 0.1) is 6.54 Å². The number of piperidine rings is 1. The number of aliphatic hydroxyl groups is 1. The number of aryl methyl sites for hydroxylation is 1. The summed E-state index contributed by atoms with van der Waals surface area (Å²) >= 11 is 0. The van der Waals surface area contributed by atoms with E-state index in [2.05, 4.69) is 22.5 Å². The van der Waals surface area contributed by atoms with E-state index in [0.717, 1.165) is 25.1 Å². The minimum atomic E-state index is -1.18. The van der Waals surface area contributed by atoms with Gasteiger partial charge in [-0.05, 0) is 59.1 Å². The van der Waals surface area contributed by atoms with Crippen molar-refractivity contribution < 1.29 is 14.3 Å². The molecule has 27 heavy (non-hydrogen) atoms. The molecule has 2 heterocycles. The first-order valence-electron chi connectivity index (χ1n) is 9.94. The second kappa shape index (κ2) is 9.78. The molecule has 0 saturated carbocycles. The molecule has 2 atom stereocenters. The summed E-state index contributed by atoms with van der Waals surface area (Å²) in [5.74, 6) is 2.02. The molecule has 1 aromatic heterocycles. The van der Waals surface area contributed by atoms with Crippen molar-refractivity contribution >= 4 is 11.9 Å². The van der Waals surface area contributed by atoms with Crippen molar-refractivity contribution in [1.29, 1.82) is 0 Å². The molecule has 1 fully saturated rings. The summed E-state index contributed by atoms with van der Waals surface area (Å²) in [7, 11) is 0. The number of guanidine groups is 1.